The van der Waals surface area contributed by atoms with Crippen LogP contribution in [0.5, 0.6) is 0 Å². The van der Waals surface area contributed by atoms with Gasteiger partial charge in [0, 0.05) is 30.7 Å². The summed E-state index contributed by atoms with van der Waals surface area (Å²) in [6, 6.07) is 6.72. The summed E-state index contributed by atoms with van der Waals surface area (Å²) in [4.78, 5) is 15.0. The Labute approximate surface area is 155 Å². The minimum Gasteiger partial charge on any atom is -0.331 e. The number of carbonyl (C=O) groups is 1. The van der Waals surface area contributed by atoms with Gasteiger partial charge in [0.05, 0.1) is 4.90 Å². The Morgan fingerprint density at radius 2 is 2.08 bits per heavy atom. The van der Waals surface area contributed by atoms with E-state index in [2.05, 4.69) is 16.6 Å². The monoisotopic (exact) mass is 385 g/mol. The Kier molecular flexibility index (Phi) is 6.62. The quantitative estimate of drug-likeness (QED) is 0.753. The lowest BCUT2D eigenvalue weighted by Gasteiger charge is -2.28. The molecular weight excluding hydrogens is 362 g/mol. The van der Waals surface area contributed by atoms with Crippen molar-refractivity contribution in [3.63, 3.8) is 0 Å². The largest absolute Gasteiger partial charge is 0.331 e. The van der Waals surface area contributed by atoms with E-state index in [1.807, 2.05) is 4.90 Å². The second kappa shape index (κ2) is 8.31. The van der Waals surface area contributed by atoms with E-state index in [0.717, 1.165) is 32.4 Å². The molecule has 2 N–H and O–H groups in total. The number of carbonyl (C=O) groups excluding carboxylic acids is 1. The molecule has 1 aromatic carbocycles. The predicted octanol–water partition coefficient (Wildman–Crippen LogP) is 1.54. The highest BCUT2D eigenvalue weighted by atomic mass is 35.5. The molecule has 2 bridgehead atoms. The van der Waals surface area contributed by atoms with E-state index in [1.165, 1.54) is 18.2 Å². The summed E-state index contributed by atoms with van der Waals surface area (Å²) < 4.78 is 26.9. The third kappa shape index (κ3) is 4.23. The van der Waals surface area contributed by atoms with Crippen LogP contribution in [0.1, 0.15) is 29.6 Å². The molecule has 2 heterocycles. The molecule has 2 aliphatic rings. The number of rotatable bonds is 5. The van der Waals surface area contributed by atoms with Crippen molar-refractivity contribution in [3.8, 4) is 0 Å². The van der Waals surface area contributed by atoms with Crippen LogP contribution < -0.4 is 10.0 Å². The van der Waals surface area contributed by atoms with Crippen molar-refractivity contribution in [1.82, 2.24) is 14.9 Å². The van der Waals surface area contributed by atoms with Crippen molar-refractivity contribution in [2.45, 2.75) is 36.2 Å². The number of halogens is 1. The molecule has 2 atom stereocenters. The molecule has 2 fully saturated rings. The molecule has 0 spiro atoms. The summed E-state index contributed by atoms with van der Waals surface area (Å²) in [5.74, 6) is -0.0769. The van der Waals surface area contributed by atoms with Gasteiger partial charge in [0.25, 0.3) is 5.91 Å². The van der Waals surface area contributed by atoms with Crippen molar-refractivity contribution in [3.05, 3.63) is 42.5 Å². The maximum absolute atomic E-state index is 13.0. The van der Waals surface area contributed by atoms with E-state index >= 15 is 0 Å². The normalized spacial score (nSPS) is 22.8. The minimum atomic E-state index is -3.63. The zero-order valence-corrected chi connectivity index (χ0v) is 15.6. The highest BCUT2D eigenvalue weighted by molar-refractivity contribution is 7.89. The van der Waals surface area contributed by atoms with Crippen molar-refractivity contribution in [2.75, 3.05) is 19.6 Å². The van der Waals surface area contributed by atoms with Crippen molar-refractivity contribution < 1.29 is 13.2 Å². The maximum atomic E-state index is 13.0. The number of sulfonamides is 1. The number of benzene rings is 1. The second-order valence-corrected chi connectivity index (χ2v) is 8.03. The van der Waals surface area contributed by atoms with Gasteiger partial charge >= 0.3 is 0 Å². The molecule has 2 unspecified atom stereocenters. The molecule has 6 nitrogen and oxygen atoms in total. The van der Waals surface area contributed by atoms with E-state index in [4.69, 9.17) is 0 Å². The molecule has 0 aliphatic carbocycles. The van der Waals surface area contributed by atoms with Crippen LogP contribution >= 0.6 is 12.4 Å². The third-order valence-corrected chi connectivity index (χ3v) is 6.12. The zero-order valence-electron chi connectivity index (χ0n) is 14.0. The first-order valence-corrected chi connectivity index (χ1v) is 9.75. The van der Waals surface area contributed by atoms with E-state index in [0.29, 0.717) is 5.56 Å². The van der Waals surface area contributed by atoms with Gasteiger partial charge in [-0.1, -0.05) is 12.1 Å². The van der Waals surface area contributed by atoms with Gasteiger partial charge in [0.1, 0.15) is 0 Å². The maximum Gasteiger partial charge on any atom is 0.254 e. The van der Waals surface area contributed by atoms with Crippen LogP contribution in [0.15, 0.2) is 41.8 Å². The van der Waals surface area contributed by atoms with Crippen LogP contribution in [0.25, 0.3) is 0 Å². The highest BCUT2D eigenvalue weighted by Crippen LogP contribution is 2.29. The molecule has 138 valence electrons. The smallest absolute Gasteiger partial charge is 0.254 e. The average molecular weight is 386 g/mol. The Morgan fingerprint density at radius 3 is 2.84 bits per heavy atom. The van der Waals surface area contributed by atoms with Crippen LogP contribution in [0, 0.1) is 0 Å². The molecule has 2 saturated heterocycles. The number of hydrogen-bond donors (Lipinski definition) is 2. The molecule has 0 radical (unpaired) electrons. The van der Waals surface area contributed by atoms with Gasteiger partial charge in [-0.15, -0.1) is 19.0 Å². The van der Waals surface area contributed by atoms with Crippen LogP contribution in [0.3, 0.4) is 0 Å². The Hall–Kier alpha value is -1.41. The summed E-state index contributed by atoms with van der Waals surface area (Å²) >= 11 is 0. The predicted molar refractivity (Wildman–Crippen MR) is 99.5 cm³/mol. The lowest BCUT2D eigenvalue weighted by Crippen LogP contribution is -2.42. The number of nitrogens with zero attached hydrogens (tertiary/aromatic N) is 1. The molecule has 8 heteroatoms. The Balaban J connectivity index is 0.00000225. The van der Waals surface area contributed by atoms with E-state index in [1.54, 1.807) is 12.1 Å². The van der Waals surface area contributed by atoms with Crippen molar-refractivity contribution >= 4 is 28.3 Å². The average Bonchev–Trinajstić information content (AvgIpc) is 2.85. The summed E-state index contributed by atoms with van der Waals surface area (Å²) in [6.45, 7) is 5.39. The Morgan fingerprint density at radius 1 is 1.32 bits per heavy atom. The lowest BCUT2D eigenvalue weighted by molar-refractivity contribution is 0.0680. The van der Waals surface area contributed by atoms with E-state index in [-0.39, 0.29) is 41.8 Å². The number of hydrogen-bond acceptors (Lipinski definition) is 4. The molecule has 2 aliphatic heterocycles. The lowest BCUT2D eigenvalue weighted by atomic mass is 10.1. The molecule has 1 amide bonds. The fraction of sp³-hybridized carbons (Fsp3) is 0.471. The molecule has 25 heavy (non-hydrogen) atoms. The molecule has 1 aromatic rings. The summed E-state index contributed by atoms with van der Waals surface area (Å²) in [5, 5.41) is 3.36. The first kappa shape index (κ1) is 19.9. The number of nitrogens with one attached hydrogen (secondary N) is 2. The van der Waals surface area contributed by atoms with Gasteiger partial charge in [0.2, 0.25) is 10.0 Å². The summed E-state index contributed by atoms with van der Waals surface area (Å²) in [6.07, 6.45) is 4.45. The summed E-state index contributed by atoms with van der Waals surface area (Å²) in [7, 11) is -3.63. The Bertz CT molecular complexity index is 724. The van der Waals surface area contributed by atoms with Crippen LogP contribution in [0.4, 0.5) is 0 Å². The topological polar surface area (TPSA) is 78.5 Å². The molecule has 0 aromatic heterocycles. The first-order valence-electron chi connectivity index (χ1n) is 8.27. The fourth-order valence-electron chi connectivity index (χ4n) is 3.51. The minimum absolute atomic E-state index is 0. The van der Waals surface area contributed by atoms with Gasteiger partial charge in [-0.05, 0) is 44.0 Å². The molecular formula is C17H24ClN3O3S. The van der Waals surface area contributed by atoms with Crippen LogP contribution in [0.2, 0.25) is 0 Å². The first-order chi connectivity index (χ1) is 11.5. The van der Waals surface area contributed by atoms with Crippen LogP contribution in [-0.4, -0.2) is 50.9 Å². The highest BCUT2D eigenvalue weighted by Gasteiger charge is 2.38. The van der Waals surface area contributed by atoms with Gasteiger partial charge in [-0.25, -0.2) is 13.1 Å². The molecule has 0 saturated carbocycles. The third-order valence-electron chi connectivity index (χ3n) is 4.70. The van der Waals surface area contributed by atoms with Crippen molar-refractivity contribution in [1.29, 1.82) is 0 Å². The van der Waals surface area contributed by atoms with Gasteiger partial charge in [-0.2, -0.15) is 0 Å². The molecule has 3 rings (SSSR count). The van der Waals surface area contributed by atoms with Gasteiger partial charge in [0.15, 0.2) is 0 Å². The zero-order chi connectivity index (χ0) is 17.2. The van der Waals surface area contributed by atoms with E-state index in [9.17, 15) is 13.2 Å². The standard InChI is InChI=1S/C17H23N3O3S.ClH/c1-2-9-19-24(22,23)16-5-3-4-13(11-16)17(21)20-14-6-7-15(20)12-18-10-8-14;/h2-5,11,14-15,18-19H,1,6-10,12H2;1H. The number of fused-ring (bicyclic) bond motifs is 2. The van der Waals surface area contributed by atoms with Crippen LogP contribution in [-0.2, 0) is 10.0 Å². The SMILES string of the molecule is C=CCNS(=O)(=O)c1cccc(C(=O)N2C3CCNCC2CC3)c1.Cl. The second-order valence-electron chi connectivity index (χ2n) is 6.26. The van der Waals surface area contributed by atoms with E-state index < -0.39 is 10.0 Å². The fourth-order valence-corrected chi connectivity index (χ4v) is 4.56. The number of amides is 1. The van der Waals surface area contributed by atoms with Gasteiger partial charge in [-0.3, -0.25) is 4.79 Å². The van der Waals surface area contributed by atoms with Crippen molar-refractivity contribution in [2.24, 2.45) is 0 Å². The summed E-state index contributed by atoms with van der Waals surface area (Å²) in [5.41, 5.74) is 0.426. The van der Waals surface area contributed by atoms with Gasteiger partial charge < -0.3 is 10.2 Å².